The zero-order valence-electron chi connectivity index (χ0n) is 49.2. The van der Waals surface area contributed by atoms with Crippen molar-refractivity contribution in [1.82, 2.24) is 24.5 Å². The van der Waals surface area contributed by atoms with Crippen molar-refractivity contribution in [2.75, 3.05) is 76.2 Å². The highest BCUT2D eigenvalue weighted by Gasteiger charge is 2.23. The van der Waals surface area contributed by atoms with Crippen LogP contribution in [0.2, 0.25) is 0 Å². The van der Waals surface area contributed by atoms with Gasteiger partial charge in [-0.3, -0.25) is 19.6 Å². The molecule has 86 heavy (non-hydrogen) atoms. The van der Waals surface area contributed by atoms with Crippen molar-refractivity contribution in [2.24, 2.45) is 0 Å². The van der Waals surface area contributed by atoms with Gasteiger partial charge in [-0.25, -0.2) is 0 Å². The third-order valence-corrected chi connectivity index (χ3v) is 21.4. The maximum atomic E-state index is 2.85. The van der Waals surface area contributed by atoms with Crippen LogP contribution in [-0.4, -0.2) is 101 Å². The second-order valence-electron chi connectivity index (χ2n) is 23.6. The molecule has 5 nitrogen and oxygen atoms in total. The summed E-state index contributed by atoms with van der Waals surface area (Å²) in [6.45, 7) is 13.8. The first-order chi connectivity index (χ1) is 42.6. The molecule has 0 N–H and O–H groups in total. The van der Waals surface area contributed by atoms with Gasteiger partial charge in [-0.05, 0) is 134 Å². The van der Waals surface area contributed by atoms with Gasteiger partial charge >= 0.3 is 0 Å². The lowest BCUT2D eigenvalue weighted by atomic mass is 9.96. The molecule has 3 aliphatic rings. The van der Waals surface area contributed by atoms with E-state index in [1.165, 1.54) is 113 Å². The third-order valence-electron chi connectivity index (χ3n) is 18.1. The predicted octanol–water partition coefficient (Wildman–Crippen LogP) is 17.9. The maximum Gasteiger partial charge on any atom is 0.0250 e. The van der Waals surface area contributed by atoms with Gasteiger partial charge < -0.3 is 4.90 Å². The molecule has 8 heteroatoms. The van der Waals surface area contributed by atoms with Gasteiger partial charge in [-0.2, -0.15) is 0 Å². The smallest absolute Gasteiger partial charge is 0.0250 e. The Bertz CT molecular complexity index is 3730. The van der Waals surface area contributed by atoms with Gasteiger partial charge in [0, 0.05) is 130 Å². The van der Waals surface area contributed by atoms with E-state index in [4.69, 9.17) is 0 Å². The van der Waals surface area contributed by atoms with Crippen LogP contribution in [0, 0.1) is 0 Å². The zero-order valence-corrected chi connectivity index (χ0v) is 51.7. The van der Waals surface area contributed by atoms with Crippen molar-refractivity contribution in [3.8, 4) is 0 Å². The molecule has 12 aromatic carbocycles. The van der Waals surface area contributed by atoms with Gasteiger partial charge in [-0.1, -0.05) is 200 Å². The lowest BCUT2D eigenvalue weighted by molar-refractivity contribution is 0.142. The van der Waals surface area contributed by atoms with E-state index < -0.39 is 0 Å². The van der Waals surface area contributed by atoms with Crippen molar-refractivity contribution >= 4 is 99.9 Å². The molecule has 0 saturated carbocycles. The number of fused-ring (bicyclic) bond motifs is 21. The first kappa shape index (κ1) is 56.8. The Labute approximate surface area is 521 Å². The molecule has 0 saturated heterocycles. The fourth-order valence-electron chi connectivity index (χ4n) is 13.6. The molecule has 0 spiro atoms. The zero-order chi connectivity index (χ0) is 57.4. The summed E-state index contributed by atoms with van der Waals surface area (Å²) >= 11 is 6.16. The molecular formula is C78H75N5S3. The van der Waals surface area contributed by atoms with Gasteiger partial charge in [0.1, 0.15) is 0 Å². The van der Waals surface area contributed by atoms with Gasteiger partial charge in [-0.15, -0.1) is 35.3 Å². The summed E-state index contributed by atoms with van der Waals surface area (Å²) in [4.78, 5) is 18.2. The van der Waals surface area contributed by atoms with Crippen LogP contribution in [0.15, 0.2) is 251 Å². The normalized spacial score (nSPS) is 17.9. The van der Waals surface area contributed by atoms with Gasteiger partial charge in [0.15, 0.2) is 0 Å². The molecule has 0 fully saturated rings. The molecule has 430 valence electrons. The molecule has 0 unspecified atom stereocenters. The molecule has 0 aliphatic carbocycles. The Morgan fingerprint density at radius 3 is 0.756 bits per heavy atom. The molecule has 0 atom stereocenters. The predicted molar refractivity (Wildman–Crippen MR) is 371 cm³/mol. The highest BCUT2D eigenvalue weighted by atomic mass is 32.2. The summed E-state index contributed by atoms with van der Waals surface area (Å²) in [7, 11) is 0. The molecule has 3 aliphatic heterocycles. The lowest BCUT2D eigenvalue weighted by Gasteiger charge is -2.33. The number of thioether (sulfide) groups is 3. The van der Waals surface area contributed by atoms with Crippen LogP contribution in [-0.2, 0) is 39.3 Å². The summed E-state index contributed by atoms with van der Waals surface area (Å²) in [5, 5.41) is 16.0. The largest absolute Gasteiger partial charge is 0.301 e. The number of hydrogen-bond donors (Lipinski definition) is 0. The summed E-state index contributed by atoms with van der Waals surface area (Å²) < 4.78 is 0. The Balaban J connectivity index is 0.902. The molecule has 12 aromatic rings. The first-order valence-corrected chi connectivity index (χ1v) is 34.0. The lowest BCUT2D eigenvalue weighted by Crippen LogP contribution is -2.43. The summed E-state index contributed by atoms with van der Waals surface area (Å²) in [5.41, 5.74) is 8.53. The third kappa shape index (κ3) is 13.0. The van der Waals surface area contributed by atoms with E-state index in [1.807, 2.05) is 0 Å². The number of nitrogens with zero attached hydrogens (tertiary/aromatic N) is 5. The minimum absolute atomic E-state index is 0.853. The van der Waals surface area contributed by atoms with Crippen molar-refractivity contribution < 1.29 is 0 Å². The Morgan fingerprint density at radius 2 is 0.477 bits per heavy atom. The highest BCUT2D eigenvalue weighted by molar-refractivity contribution is 7.99. The Morgan fingerprint density at radius 1 is 0.244 bits per heavy atom. The van der Waals surface area contributed by atoms with Crippen LogP contribution >= 0.6 is 35.3 Å². The van der Waals surface area contributed by atoms with Crippen molar-refractivity contribution in [2.45, 2.75) is 54.0 Å². The number of hydrogen-bond acceptors (Lipinski definition) is 8. The first-order valence-electron chi connectivity index (χ1n) is 31.0. The van der Waals surface area contributed by atoms with Crippen LogP contribution in [0.5, 0.6) is 0 Å². The number of benzene rings is 12. The van der Waals surface area contributed by atoms with E-state index in [0.29, 0.717) is 0 Å². The monoisotopic (exact) mass is 1180 g/mol. The SMILES string of the molecule is c1ccc2c(c1)CN(Cc1c3ccccc3cc3ccccc13)CCN1CCN(Cc3c4ccccc4cc4ccccc34)Cc3ccccc3SCCN(CCS2)CCSc2ccccc2CN(Cc2c3ccccc3cc3ccccc23)CC1. The van der Waals surface area contributed by atoms with Gasteiger partial charge in [0.2, 0.25) is 0 Å². The minimum Gasteiger partial charge on any atom is -0.301 e. The van der Waals surface area contributed by atoms with Crippen LogP contribution in [0.4, 0.5) is 0 Å². The van der Waals surface area contributed by atoms with Crippen molar-refractivity contribution in [3.05, 3.63) is 270 Å². The molecule has 2 bridgehead atoms. The topological polar surface area (TPSA) is 16.2 Å². The quantitative estimate of drug-likeness (QED) is 0.151. The van der Waals surface area contributed by atoms with E-state index in [2.05, 4.69) is 296 Å². The van der Waals surface area contributed by atoms with Crippen LogP contribution in [0.3, 0.4) is 0 Å². The minimum atomic E-state index is 0.853. The molecule has 0 amide bonds. The summed E-state index contributed by atoms with van der Waals surface area (Å²) in [6, 6.07) is 89.7. The van der Waals surface area contributed by atoms with Crippen LogP contribution in [0.25, 0.3) is 64.6 Å². The molecular weight excluding hydrogens is 1100 g/mol. The van der Waals surface area contributed by atoms with E-state index in [0.717, 1.165) is 115 Å². The Kier molecular flexibility index (Phi) is 17.8. The fraction of sp³-hybridized carbons (Fsp3) is 0.231. The van der Waals surface area contributed by atoms with Gasteiger partial charge in [0.25, 0.3) is 0 Å². The summed E-state index contributed by atoms with van der Waals surface area (Å²) in [5.74, 6) is 3.12. The van der Waals surface area contributed by atoms with Crippen LogP contribution < -0.4 is 0 Å². The van der Waals surface area contributed by atoms with E-state index in [-0.39, 0.29) is 0 Å². The molecule has 0 aromatic heterocycles. The van der Waals surface area contributed by atoms with E-state index in [1.54, 1.807) is 0 Å². The van der Waals surface area contributed by atoms with E-state index >= 15 is 0 Å². The van der Waals surface area contributed by atoms with Gasteiger partial charge in [0.05, 0.1) is 0 Å². The average molecular weight is 1180 g/mol. The van der Waals surface area contributed by atoms with E-state index in [9.17, 15) is 0 Å². The average Bonchev–Trinajstić information content (AvgIpc) is 2.45. The highest BCUT2D eigenvalue weighted by Crippen LogP contribution is 2.36. The number of rotatable bonds is 6. The second-order valence-corrected chi connectivity index (χ2v) is 27.0. The maximum absolute atomic E-state index is 2.85. The van der Waals surface area contributed by atoms with Crippen LogP contribution in [0.1, 0.15) is 33.4 Å². The van der Waals surface area contributed by atoms with Crippen molar-refractivity contribution in [3.63, 3.8) is 0 Å². The molecule has 0 radical (unpaired) electrons. The molecule has 15 rings (SSSR count). The standard InChI is InChI=1S/C78H75N5S3/c1-10-28-67-58(19-1)49-59-20-2-11-29-68(59)73(67)55-81-40-37-79-38-41-82(56-74-69-30-12-3-21-60(69)50-61-22-4-13-31-70(61)74)53-65-26-8-17-35-77(65)85-47-44-80(43-46-84-76-34-16-7-25-64(76)52-81)45-48-86-78-36-18-9-27-66(78)54-83(42-39-79)57-75-71-32-14-5-23-62(71)51-63-24-6-15-33-72(63)75/h1-36,49-51H,37-48,52-57H2. The fourth-order valence-corrected chi connectivity index (χ4v) is 16.8. The Hall–Kier alpha value is -6.95. The molecule has 3 heterocycles. The summed E-state index contributed by atoms with van der Waals surface area (Å²) in [6.07, 6.45) is 0. The second kappa shape index (κ2) is 27.0. The van der Waals surface area contributed by atoms with Crippen molar-refractivity contribution in [1.29, 1.82) is 0 Å².